The van der Waals surface area contributed by atoms with Crippen LogP contribution in [0.25, 0.3) is 0 Å². The van der Waals surface area contributed by atoms with Crippen molar-refractivity contribution in [2.24, 2.45) is 0 Å². The fourth-order valence-corrected chi connectivity index (χ4v) is 1.40. The molecular formula is C9H16Cl2O3. The van der Waals surface area contributed by atoms with Gasteiger partial charge in [-0.25, -0.2) is 4.79 Å². The Hall–Kier alpha value is -0.150. The lowest BCUT2D eigenvalue weighted by atomic mass is 10.3. The van der Waals surface area contributed by atoms with Crippen molar-refractivity contribution in [2.45, 2.75) is 38.9 Å². The molecule has 0 radical (unpaired) electrons. The summed E-state index contributed by atoms with van der Waals surface area (Å²) in [5, 5.41) is 0. The number of ether oxygens (including phenoxy) is 2. The summed E-state index contributed by atoms with van der Waals surface area (Å²) in [4.78, 5) is 11.1. The Bertz CT molecular complexity index is 148. The molecule has 0 heterocycles. The molecule has 0 aromatic carbocycles. The van der Waals surface area contributed by atoms with Gasteiger partial charge in [-0.2, -0.15) is 0 Å². The molecule has 0 aliphatic carbocycles. The van der Waals surface area contributed by atoms with Gasteiger partial charge in [-0.3, -0.25) is 0 Å². The lowest BCUT2D eigenvalue weighted by molar-refractivity contribution is 0.00643. The van der Waals surface area contributed by atoms with E-state index in [1.165, 1.54) is 0 Å². The van der Waals surface area contributed by atoms with Gasteiger partial charge in [0.25, 0.3) is 0 Å². The van der Waals surface area contributed by atoms with Crippen molar-refractivity contribution in [1.29, 1.82) is 0 Å². The molecule has 0 amide bonds. The Labute approximate surface area is 94.7 Å². The van der Waals surface area contributed by atoms with E-state index in [0.717, 1.165) is 0 Å². The second-order valence-corrected chi connectivity index (χ2v) is 3.82. The Kier molecular flexibility index (Phi) is 8.09. The van der Waals surface area contributed by atoms with E-state index < -0.39 is 6.16 Å². The summed E-state index contributed by atoms with van der Waals surface area (Å²) in [5.74, 6) is 0.928. The van der Waals surface area contributed by atoms with Crippen LogP contribution in [0.1, 0.15) is 26.7 Å². The lowest BCUT2D eigenvalue weighted by Crippen LogP contribution is -2.21. The summed E-state index contributed by atoms with van der Waals surface area (Å²) in [6.45, 7) is 3.55. The molecule has 84 valence electrons. The maximum atomic E-state index is 11.1. The average Bonchev–Trinajstić information content (AvgIpc) is 2.03. The van der Waals surface area contributed by atoms with Gasteiger partial charge in [-0.1, -0.05) is 0 Å². The van der Waals surface area contributed by atoms with Gasteiger partial charge in [-0.15, -0.1) is 23.2 Å². The van der Waals surface area contributed by atoms with Crippen LogP contribution in [0.4, 0.5) is 4.79 Å². The standard InChI is InChI=1S/C9H16Cl2O3/c1-7(3-5-10)13-9(12)14-8(2)4-6-11/h7-8H,3-6H2,1-2H3. The monoisotopic (exact) mass is 242 g/mol. The highest BCUT2D eigenvalue weighted by Gasteiger charge is 2.13. The molecular weight excluding hydrogens is 227 g/mol. The molecule has 0 aliphatic rings. The Balaban J connectivity index is 3.63. The normalized spacial score (nSPS) is 14.6. The average molecular weight is 243 g/mol. The molecule has 0 fully saturated rings. The van der Waals surface area contributed by atoms with Crippen molar-refractivity contribution >= 4 is 29.4 Å². The Morgan fingerprint density at radius 2 is 1.43 bits per heavy atom. The molecule has 2 atom stereocenters. The maximum absolute atomic E-state index is 11.1. The summed E-state index contributed by atoms with van der Waals surface area (Å²) in [6, 6.07) is 0. The van der Waals surface area contributed by atoms with Gasteiger partial charge in [0, 0.05) is 11.8 Å². The van der Waals surface area contributed by atoms with Crippen LogP contribution in [0.3, 0.4) is 0 Å². The largest absolute Gasteiger partial charge is 0.508 e. The van der Waals surface area contributed by atoms with Crippen molar-refractivity contribution in [3.63, 3.8) is 0 Å². The second-order valence-electron chi connectivity index (χ2n) is 3.06. The minimum absolute atomic E-state index is 0.205. The van der Waals surface area contributed by atoms with Gasteiger partial charge in [-0.05, 0) is 26.7 Å². The third kappa shape index (κ3) is 7.27. The highest BCUT2D eigenvalue weighted by atomic mass is 35.5. The molecule has 0 spiro atoms. The van der Waals surface area contributed by atoms with Crippen LogP contribution in [-0.4, -0.2) is 30.1 Å². The second kappa shape index (κ2) is 8.18. The first-order valence-corrected chi connectivity index (χ1v) is 5.66. The van der Waals surface area contributed by atoms with Gasteiger partial charge in [0.2, 0.25) is 0 Å². The Morgan fingerprint density at radius 1 is 1.07 bits per heavy atom. The van der Waals surface area contributed by atoms with Crippen LogP contribution in [-0.2, 0) is 9.47 Å². The zero-order valence-electron chi connectivity index (χ0n) is 8.46. The first-order valence-electron chi connectivity index (χ1n) is 4.59. The van der Waals surface area contributed by atoms with E-state index in [-0.39, 0.29) is 12.2 Å². The number of hydrogen-bond acceptors (Lipinski definition) is 3. The molecule has 0 bridgehead atoms. The van der Waals surface area contributed by atoms with E-state index in [1.54, 1.807) is 13.8 Å². The van der Waals surface area contributed by atoms with E-state index in [0.29, 0.717) is 24.6 Å². The minimum Gasteiger partial charge on any atom is -0.431 e. The first-order chi connectivity index (χ1) is 6.60. The summed E-state index contributed by atoms with van der Waals surface area (Å²) in [6.07, 6.45) is 0.188. The van der Waals surface area contributed by atoms with E-state index in [2.05, 4.69) is 0 Å². The van der Waals surface area contributed by atoms with E-state index in [4.69, 9.17) is 32.7 Å². The molecule has 0 aromatic rings. The summed E-state index contributed by atoms with van der Waals surface area (Å²) in [7, 11) is 0. The van der Waals surface area contributed by atoms with Crippen molar-refractivity contribution < 1.29 is 14.3 Å². The first kappa shape index (κ1) is 13.8. The van der Waals surface area contributed by atoms with Crippen molar-refractivity contribution in [3.8, 4) is 0 Å². The number of carbonyl (C=O) groups is 1. The van der Waals surface area contributed by atoms with Crippen LogP contribution < -0.4 is 0 Å². The third-order valence-electron chi connectivity index (χ3n) is 1.63. The topological polar surface area (TPSA) is 35.5 Å². The van der Waals surface area contributed by atoms with Crippen LogP contribution in [0, 0.1) is 0 Å². The SMILES string of the molecule is CC(CCCl)OC(=O)OC(C)CCCl. The maximum Gasteiger partial charge on any atom is 0.508 e. The number of halogens is 2. The molecule has 0 saturated carbocycles. The lowest BCUT2D eigenvalue weighted by Gasteiger charge is -2.15. The fraction of sp³-hybridized carbons (Fsp3) is 0.889. The Morgan fingerprint density at radius 3 is 1.71 bits per heavy atom. The van der Waals surface area contributed by atoms with Gasteiger partial charge >= 0.3 is 6.16 Å². The van der Waals surface area contributed by atoms with Gasteiger partial charge in [0.15, 0.2) is 0 Å². The third-order valence-corrected chi connectivity index (χ3v) is 2.06. The number of hydrogen-bond donors (Lipinski definition) is 0. The molecule has 5 heteroatoms. The molecule has 0 saturated heterocycles. The van der Waals surface area contributed by atoms with E-state index >= 15 is 0 Å². The van der Waals surface area contributed by atoms with Crippen molar-refractivity contribution in [1.82, 2.24) is 0 Å². The summed E-state index contributed by atoms with van der Waals surface area (Å²) in [5.41, 5.74) is 0. The highest BCUT2D eigenvalue weighted by molar-refractivity contribution is 6.18. The minimum atomic E-state index is -0.653. The number of carbonyl (C=O) groups excluding carboxylic acids is 1. The zero-order chi connectivity index (χ0) is 11.0. The molecule has 3 nitrogen and oxygen atoms in total. The predicted octanol–water partition coefficient (Wildman–Crippen LogP) is 3.17. The summed E-state index contributed by atoms with van der Waals surface area (Å²) < 4.78 is 9.84. The molecule has 2 unspecified atom stereocenters. The fourth-order valence-electron chi connectivity index (χ4n) is 0.781. The van der Waals surface area contributed by atoms with Crippen molar-refractivity contribution in [3.05, 3.63) is 0 Å². The van der Waals surface area contributed by atoms with E-state index in [9.17, 15) is 4.79 Å². The molecule has 0 N–H and O–H groups in total. The van der Waals surface area contributed by atoms with Crippen LogP contribution in [0.15, 0.2) is 0 Å². The van der Waals surface area contributed by atoms with Crippen LogP contribution in [0.2, 0.25) is 0 Å². The highest BCUT2D eigenvalue weighted by Crippen LogP contribution is 2.05. The van der Waals surface area contributed by atoms with Gasteiger partial charge < -0.3 is 9.47 Å². The van der Waals surface area contributed by atoms with Gasteiger partial charge in [0.05, 0.1) is 0 Å². The van der Waals surface area contributed by atoms with E-state index in [1.807, 2.05) is 0 Å². The predicted molar refractivity (Wildman–Crippen MR) is 57.2 cm³/mol. The van der Waals surface area contributed by atoms with Gasteiger partial charge in [0.1, 0.15) is 12.2 Å². The number of rotatable bonds is 6. The quantitative estimate of drug-likeness (QED) is 0.531. The molecule has 0 rings (SSSR count). The van der Waals surface area contributed by atoms with Crippen LogP contribution in [0.5, 0.6) is 0 Å². The molecule has 0 aliphatic heterocycles. The summed E-state index contributed by atoms with van der Waals surface area (Å²) >= 11 is 11.0. The molecule has 0 aromatic heterocycles. The molecule has 14 heavy (non-hydrogen) atoms. The zero-order valence-corrected chi connectivity index (χ0v) is 9.98. The van der Waals surface area contributed by atoms with Crippen LogP contribution >= 0.6 is 23.2 Å². The smallest absolute Gasteiger partial charge is 0.431 e. The van der Waals surface area contributed by atoms with Crippen molar-refractivity contribution in [2.75, 3.05) is 11.8 Å². The number of alkyl halides is 2.